The molecule has 0 saturated carbocycles. The lowest BCUT2D eigenvalue weighted by molar-refractivity contribution is 0.0680. The van der Waals surface area contributed by atoms with E-state index in [1.165, 1.54) is 0 Å². The molecule has 1 aromatic carbocycles. The van der Waals surface area contributed by atoms with Gasteiger partial charge in [0.25, 0.3) is 5.91 Å². The quantitative estimate of drug-likeness (QED) is 0.608. The van der Waals surface area contributed by atoms with Gasteiger partial charge in [-0.15, -0.1) is 0 Å². The average molecular weight is 396 g/mol. The molecule has 3 heterocycles. The van der Waals surface area contributed by atoms with Crippen molar-refractivity contribution < 1.29 is 14.7 Å². The minimum Gasteiger partial charge on any atom is -0.476 e. The fourth-order valence-corrected chi connectivity index (χ4v) is 3.77. The molecule has 29 heavy (non-hydrogen) atoms. The highest BCUT2D eigenvalue weighted by Crippen LogP contribution is 2.24. The van der Waals surface area contributed by atoms with Crippen LogP contribution < -0.4 is 0 Å². The maximum Gasteiger partial charge on any atom is 0.357 e. The summed E-state index contributed by atoms with van der Waals surface area (Å²) in [5, 5.41) is 23.5. The molecule has 9 heteroatoms. The molecule has 0 bridgehead atoms. The van der Waals surface area contributed by atoms with E-state index in [2.05, 4.69) is 39.2 Å². The molecular formula is C20H24N6O3. The third-order valence-corrected chi connectivity index (χ3v) is 5.46. The molecule has 1 amide bonds. The Hall–Kier alpha value is -3.23. The Morgan fingerprint density at radius 3 is 2.62 bits per heavy atom. The molecule has 2 aromatic heterocycles. The first kappa shape index (κ1) is 19.1. The SMILES string of the molecule is CC(C)c1n[nH]c(CC2CCN(C(=O)c3ccc4[nH]nc(C(=O)O)c4c3)CC2)n1. The van der Waals surface area contributed by atoms with E-state index in [9.17, 15) is 14.7 Å². The number of fused-ring (bicyclic) bond motifs is 1. The van der Waals surface area contributed by atoms with Crippen molar-refractivity contribution in [3.8, 4) is 0 Å². The number of nitrogens with one attached hydrogen (secondary N) is 2. The minimum atomic E-state index is -1.12. The Kier molecular flexibility index (Phi) is 5.04. The van der Waals surface area contributed by atoms with Gasteiger partial charge >= 0.3 is 5.97 Å². The van der Waals surface area contributed by atoms with Crippen LogP contribution in [0.2, 0.25) is 0 Å². The lowest BCUT2D eigenvalue weighted by Crippen LogP contribution is -2.39. The van der Waals surface area contributed by atoms with Gasteiger partial charge in [0.2, 0.25) is 0 Å². The van der Waals surface area contributed by atoms with E-state index in [1.54, 1.807) is 18.2 Å². The van der Waals surface area contributed by atoms with E-state index in [1.807, 2.05) is 4.90 Å². The molecule has 152 valence electrons. The largest absolute Gasteiger partial charge is 0.476 e. The van der Waals surface area contributed by atoms with Crippen molar-refractivity contribution in [2.45, 2.75) is 39.0 Å². The van der Waals surface area contributed by atoms with E-state index in [0.29, 0.717) is 41.4 Å². The number of H-pyrrole nitrogens is 2. The summed E-state index contributed by atoms with van der Waals surface area (Å²) in [6.45, 7) is 5.47. The van der Waals surface area contributed by atoms with Crippen LogP contribution >= 0.6 is 0 Å². The van der Waals surface area contributed by atoms with Crippen molar-refractivity contribution in [3.05, 3.63) is 41.1 Å². The van der Waals surface area contributed by atoms with Gasteiger partial charge in [0.15, 0.2) is 11.5 Å². The first-order valence-electron chi connectivity index (χ1n) is 9.84. The van der Waals surface area contributed by atoms with Gasteiger partial charge in [-0.25, -0.2) is 9.78 Å². The van der Waals surface area contributed by atoms with Crippen LogP contribution in [-0.2, 0) is 6.42 Å². The van der Waals surface area contributed by atoms with Crippen molar-refractivity contribution in [3.63, 3.8) is 0 Å². The summed E-state index contributed by atoms with van der Waals surface area (Å²) in [6.07, 6.45) is 2.64. The predicted molar refractivity (Wildman–Crippen MR) is 106 cm³/mol. The number of piperidine rings is 1. The Labute approximate surface area is 167 Å². The van der Waals surface area contributed by atoms with Gasteiger partial charge in [-0.1, -0.05) is 13.8 Å². The highest BCUT2D eigenvalue weighted by molar-refractivity contribution is 6.04. The van der Waals surface area contributed by atoms with Gasteiger partial charge in [-0.05, 0) is 37.0 Å². The molecule has 0 spiro atoms. The van der Waals surface area contributed by atoms with Gasteiger partial charge in [0, 0.05) is 36.4 Å². The third kappa shape index (κ3) is 3.85. The Bertz CT molecular complexity index is 1050. The van der Waals surface area contributed by atoms with Gasteiger partial charge in [0.05, 0.1) is 5.52 Å². The maximum absolute atomic E-state index is 12.9. The number of aromatic nitrogens is 5. The molecule has 4 rings (SSSR count). The van der Waals surface area contributed by atoms with Crippen LogP contribution in [0, 0.1) is 5.92 Å². The number of carbonyl (C=O) groups is 2. The lowest BCUT2D eigenvalue weighted by atomic mass is 9.93. The maximum atomic E-state index is 12.9. The fourth-order valence-electron chi connectivity index (χ4n) is 3.77. The highest BCUT2D eigenvalue weighted by Gasteiger charge is 2.25. The number of carboxylic acid groups (broad SMARTS) is 1. The molecule has 1 aliphatic rings. The normalized spacial score (nSPS) is 15.3. The number of aromatic carboxylic acids is 1. The molecule has 9 nitrogen and oxygen atoms in total. The van der Waals surface area contributed by atoms with Crippen molar-refractivity contribution in [2.75, 3.05) is 13.1 Å². The summed E-state index contributed by atoms with van der Waals surface area (Å²) < 4.78 is 0. The number of likely N-dealkylation sites (tertiary alicyclic amines) is 1. The number of nitrogens with zero attached hydrogens (tertiary/aromatic N) is 4. The topological polar surface area (TPSA) is 128 Å². The number of amides is 1. The monoisotopic (exact) mass is 396 g/mol. The first-order valence-corrected chi connectivity index (χ1v) is 9.84. The number of aromatic amines is 2. The first-order chi connectivity index (χ1) is 13.9. The summed E-state index contributed by atoms with van der Waals surface area (Å²) in [5.74, 6) is 1.31. The van der Waals surface area contributed by atoms with Crippen molar-refractivity contribution >= 4 is 22.8 Å². The summed E-state index contributed by atoms with van der Waals surface area (Å²) in [5.41, 5.74) is 1.02. The molecule has 0 unspecified atom stereocenters. The standard InChI is InChI=1S/C20H24N6O3/c1-11(2)18-21-16(23-25-18)9-12-5-7-26(8-6-12)19(27)13-3-4-15-14(10-13)17(20(28)29)24-22-15/h3-4,10-12H,5-9H2,1-2H3,(H,22,24)(H,28,29)(H,21,23,25). The van der Waals surface area contributed by atoms with Crippen molar-refractivity contribution in [1.82, 2.24) is 30.3 Å². The van der Waals surface area contributed by atoms with Crippen LogP contribution in [0.25, 0.3) is 10.9 Å². The molecule has 0 atom stereocenters. The van der Waals surface area contributed by atoms with E-state index in [4.69, 9.17) is 0 Å². The van der Waals surface area contributed by atoms with Crippen LogP contribution in [0.5, 0.6) is 0 Å². The zero-order chi connectivity index (χ0) is 20.5. The van der Waals surface area contributed by atoms with Crippen molar-refractivity contribution in [1.29, 1.82) is 0 Å². The fraction of sp³-hybridized carbons (Fsp3) is 0.450. The number of benzene rings is 1. The molecule has 1 aliphatic heterocycles. The lowest BCUT2D eigenvalue weighted by Gasteiger charge is -2.31. The Morgan fingerprint density at radius 2 is 1.97 bits per heavy atom. The number of carbonyl (C=O) groups excluding carboxylic acids is 1. The second-order valence-corrected chi connectivity index (χ2v) is 7.87. The number of hydrogen-bond acceptors (Lipinski definition) is 5. The summed E-state index contributed by atoms with van der Waals surface area (Å²) in [6, 6.07) is 5.02. The molecule has 0 aliphatic carbocycles. The second-order valence-electron chi connectivity index (χ2n) is 7.87. The van der Waals surface area contributed by atoms with Crippen LogP contribution in [0.4, 0.5) is 0 Å². The van der Waals surface area contributed by atoms with Gasteiger partial charge in [-0.2, -0.15) is 10.2 Å². The third-order valence-electron chi connectivity index (χ3n) is 5.46. The summed E-state index contributed by atoms with van der Waals surface area (Å²) in [7, 11) is 0. The Balaban J connectivity index is 1.40. The molecule has 1 saturated heterocycles. The molecule has 0 radical (unpaired) electrons. The Morgan fingerprint density at radius 1 is 1.21 bits per heavy atom. The van der Waals surface area contributed by atoms with Gasteiger partial charge < -0.3 is 10.0 Å². The zero-order valence-corrected chi connectivity index (χ0v) is 16.5. The molecule has 3 aromatic rings. The predicted octanol–water partition coefficient (Wildman–Crippen LogP) is 2.60. The van der Waals surface area contributed by atoms with Gasteiger partial charge in [-0.3, -0.25) is 15.0 Å². The van der Waals surface area contributed by atoms with Crippen LogP contribution in [0.1, 0.15) is 65.1 Å². The molecule has 1 fully saturated rings. The van der Waals surface area contributed by atoms with E-state index < -0.39 is 5.97 Å². The second kappa shape index (κ2) is 7.65. The van der Waals surface area contributed by atoms with E-state index in [-0.39, 0.29) is 11.6 Å². The van der Waals surface area contributed by atoms with Crippen molar-refractivity contribution in [2.24, 2.45) is 5.92 Å². The zero-order valence-electron chi connectivity index (χ0n) is 16.5. The summed E-state index contributed by atoms with van der Waals surface area (Å²) in [4.78, 5) is 30.6. The van der Waals surface area contributed by atoms with E-state index in [0.717, 1.165) is 30.9 Å². The number of hydrogen-bond donors (Lipinski definition) is 3. The van der Waals surface area contributed by atoms with Gasteiger partial charge in [0.1, 0.15) is 5.82 Å². The number of rotatable bonds is 5. The molecule has 3 N–H and O–H groups in total. The smallest absolute Gasteiger partial charge is 0.357 e. The summed E-state index contributed by atoms with van der Waals surface area (Å²) >= 11 is 0. The highest BCUT2D eigenvalue weighted by atomic mass is 16.4. The number of carboxylic acids is 1. The minimum absolute atomic E-state index is 0.0683. The van der Waals surface area contributed by atoms with Crippen LogP contribution in [0.3, 0.4) is 0 Å². The average Bonchev–Trinajstić information content (AvgIpc) is 3.34. The van der Waals surface area contributed by atoms with Crippen LogP contribution in [0.15, 0.2) is 18.2 Å². The molecular weight excluding hydrogens is 372 g/mol. The van der Waals surface area contributed by atoms with Crippen LogP contribution in [-0.4, -0.2) is 60.4 Å². The van der Waals surface area contributed by atoms with E-state index >= 15 is 0 Å².